The number of amides is 1. The minimum absolute atomic E-state index is 0.00305. The summed E-state index contributed by atoms with van der Waals surface area (Å²) in [5.41, 5.74) is 0. The molecule has 152 valence electrons. The number of rotatable bonds is 11. The van der Waals surface area contributed by atoms with Crippen LogP contribution in [0.3, 0.4) is 0 Å². The summed E-state index contributed by atoms with van der Waals surface area (Å²) in [5.74, 6) is 1.37. The molecule has 26 heavy (non-hydrogen) atoms. The topological polar surface area (TPSA) is 95.5 Å². The fourth-order valence-corrected chi connectivity index (χ4v) is 4.44. The van der Waals surface area contributed by atoms with Gasteiger partial charge in [-0.1, -0.05) is 32.1 Å². The van der Waals surface area contributed by atoms with Crippen molar-refractivity contribution in [1.82, 2.24) is 5.32 Å². The van der Waals surface area contributed by atoms with Crippen LogP contribution in [0.5, 0.6) is 0 Å². The van der Waals surface area contributed by atoms with E-state index in [2.05, 4.69) is 5.32 Å². The van der Waals surface area contributed by atoms with Gasteiger partial charge in [-0.15, -0.1) is 0 Å². The largest absolute Gasteiger partial charge is 0.743 e. The molecule has 3 atom stereocenters. The minimum atomic E-state index is -5.56. The number of fused-ring (bicyclic) bond motifs is 2. The van der Waals surface area contributed by atoms with Crippen LogP contribution in [-0.2, 0) is 14.9 Å². The van der Waals surface area contributed by atoms with E-state index in [4.69, 9.17) is 4.74 Å². The van der Waals surface area contributed by atoms with Crippen molar-refractivity contribution in [3.8, 4) is 0 Å². The maximum atomic E-state index is 12.9. The molecular formula is C17H28F2NO5S-. The molecule has 2 aliphatic carbocycles. The first-order valence-corrected chi connectivity index (χ1v) is 10.9. The van der Waals surface area contributed by atoms with Crippen molar-refractivity contribution < 1.29 is 31.3 Å². The van der Waals surface area contributed by atoms with E-state index >= 15 is 0 Å². The van der Waals surface area contributed by atoms with Gasteiger partial charge in [0.1, 0.15) is 0 Å². The zero-order valence-corrected chi connectivity index (χ0v) is 15.7. The molecular weight excluding hydrogens is 368 g/mol. The Balaban J connectivity index is 1.42. The summed E-state index contributed by atoms with van der Waals surface area (Å²) in [6, 6.07) is 0.261. The van der Waals surface area contributed by atoms with E-state index < -0.39 is 21.8 Å². The monoisotopic (exact) mass is 396 g/mol. The molecule has 0 aromatic rings. The summed E-state index contributed by atoms with van der Waals surface area (Å²) in [5, 5.41) is -1.23. The Morgan fingerprint density at radius 3 is 2.31 bits per heavy atom. The van der Waals surface area contributed by atoms with E-state index in [1.54, 1.807) is 0 Å². The zero-order chi connectivity index (χ0) is 19.2. The molecule has 0 aromatic heterocycles. The smallest absolute Gasteiger partial charge is 0.407 e. The number of nitrogens with one attached hydrogen (secondary N) is 1. The first kappa shape index (κ1) is 21.3. The van der Waals surface area contributed by atoms with Gasteiger partial charge in [0.2, 0.25) is 0 Å². The fraction of sp³-hybridized carbons (Fsp3) is 0.941. The van der Waals surface area contributed by atoms with Crippen LogP contribution in [0.25, 0.3) is 0 Å². The van der Waals surface area contributed by atoms with E-state index in [1.807, 2.05) is 0 Å². The maximum absolute atomic E-state index is 12.9. The maximum Gasteiger partial charge on any atom is 0.407 e. The predicted molar refractivity (Wildman–Crippen MR) is 90.7 cm³/mol. The molecule has 2 bridgehead atoms. The minimum Gasteiger partial charge on any atom is -0.743 e. The Bertz CT molecular complexity index is 570. The second-order valence-electron chi connectivity index (χ2n) is 7.52. The lowest BCUT2D eigenvalue weighted by Crippen LogP contribution is -2.38. The van der Waals surface area contributed by atoms with E-state index in [9.17, 15) is 26.5 Å². The molecule has 2 saturated carbocycles. The lowest BCUT2D eigenvalue weighted by atomic mass is 9.96. The van der Waals surface area contributed by atoms with Gasteiger partial charge in [0.15, 0.2) is 10.1 Å². The number of carbonyl (C=O) groups excluding carboxylic acids is 1. The summed E-state index contributed by atoms with van der Waals surface area (Å²) >= 11 is 0. The van der Waals surface area contributed by atoms with Crippen LogP contribution in [0.15, 0.2) is 0 Å². The van der Waals surface area contributed by atoms with Crippen LogP contribution in [-0.4, -0.2) is 37.0 Å². The van der Waals surface area contributed by atoms with Crippen LogP contribution in [0.4, 0.5) is 13.6 Å². The van der Waals surface area contributed by atoms with Gasteiger partial charge in [-0.3, -0.25) is 0 Å². The van der Waals surface area contributed by atoms with Crippen molar-refractivity contribution in [1.29, 1.82) is 0 Å². The van der Waals surface area contributed by atoms with Gasteiger partial charge >= 0.3 is 11.3 Å². The molecule has 6 nitrogen and oxygen atoms in total. The molecule has 0 spiro atoms. The van der Waals surface area contributed by atoms with Crippen molar-refractivity contribution >= 4 is 16.2 Å². The molecule has 3 unspecified atom stereocenters. The van der Waals surface area contributed by atoms with E-state index in [0.29, 0.717) is 31.8 Å². The molecule has 1 N–H and O–H groups in total. The van der Waals surface area contributed by atoms with E-state index in [0.717, 1.165) is 25.2 Å². The number of unbranched alkanes of at least 4 members (excludes halogenated alkanes) is 5. The number of alkyl halides is 2. The summed E-state index contributed by atoms with van der Waals surface area (Å²) in [6.45, 7) is 0.332. The molecule has 1 amide bonds. The van der Waals surface area contributed by atoms with Crippen LogP contribution < -0.4 is 5.32 Å². The summed E-state index contributed by atoms with van der Waals surface area (Å²) in [4.78, 5) is 11.7. The second kappa shape index (κ2) is 9.30. The average Bonchev–Trinajstić information content (AvgIpc) is 3.14. The van der Waals surface area contributed by atoms with Gasteiger partial charge in [0.25, 0.3) is 0 Å². The molecule has 2 aliphatic rings. The average molecular weight is 396 g/mol. The van der Waals surface area contributed by atoms with Crippen LogP contribution >= 0.6 is 0 Å². The fourth-order valence-electron chi connectivity index (χ4n) is 4.04. The third kappa shape index (κ3) is 6.33. The molecule has 0 radical (unpaired) electrons. The SMILES string of the molecule is O=C(NC1CC2CCC1C2)OCCCCCCCCC(F)(F)S(=O)(=O)[O-]. The highest BCUT2D eigenvalue weighted by Gasteiger charge is 2.40. The van der Waals surface area contributed by atoms with Gasteiger partial charge in [-0.25, -0.2) is 13.2 Å². The first-order valence-electron chi connectivity index (χ1n) is 9.45. The van der Waals surface area contributed by atoms with Crippen LogP contribution in [0.1, 0.15) is 70.6 Å². The van der Waals surface area contributed by atoms with Crippen LogP contribution in [0.2, 0.25) is 0 Å². The second-order valence-corrected chi connectivity index (χ2v) is 9.03. The lowest BCUT2D eigenvalue weighted by Gasteiger charge is -2.22. The number of alkyl carbamates (subject to hydrolysis) is 1. The van der Waals surface area contributed by atoms with Gasteiger partial charge < -0.3 is 14.6 Å². The first-order chi connectivity index (χ1) is 12.2. The molecule has 2 fully saturated rings. The Morgan fingerprint density at radius 2 is 1.73 bits per heavy atom. The normalized spacial score (nSPS) is 25.4. The number of hydrogen-bond donors (Lipinski definition) is 1. The summed E-state index contributed by atoms with van der Waals surface area (Å²) in [6.07, 6.45) is 6.88. The van der Waals surface area contributed by atoms with Crippen molar-refractivity contribution in [2.75, 3.05) is 6.61 Å². The third-order valence-corrected chi connectivity index (χ3v) is 6.44. The quantitative estimate of drug-likeness (QED) is 0.424. The summed E-state index contributed by atoms with van der Waals surface area (Å²) in [7, 11) is -5.56. The van der Waals surface area contributed by atoms with Gasteiger partial charge in [-0.05, 0) is 43.9 Å². The Hall–Kier alpha value is -0.960. The molecule has 0 aliphatic heterocycles. The van der Waals surface area contributed by atoms with Crippen molar-refractivity contribution in [3.63, 3.8) is 0 Å². The third-order valence-electron chi connectivity index (χ3n) is 5.50. The number of hydrogen-bond acceptors (Lipinski definition) is 5. The van der Waals surface area contributed by atoms with Crippen molar-refractivity contribution in [2.24, 2.45) is 11.8 Å². The van der Waals surface area contributed by atoms with Crippen molar-refractivity contribution in [3.05, 3.63) is 0 Å². The summed E-state index contributed by atoms with van der Waals surface area (Å²) < 4.78 is 62.0. The molecule has 2 rings (SSSR count). The van der Waals surface area contributed by atoms with E-state index in [1.165, 1.54) is 19.3 Å². The van der Waals surface area contributed by atoms with Gasteiger partial charge in [-0.2, -0.15) is 8.78 Å². The van der Waals surface area contributed by atoms with Crippen molar-refractivity contribution in [2.45, 2.75) is 81.9 Å². The molecule has 0 heterocycles. The highest BCUT2D eigenvalue weighted by molar-refractivity contribution is 7.86. The zero-order valence-electron chi connectivity index (χ0n) is 14.9. The molecule has 0 saturated heterocycles. The Morgan fingerprint density at radius 1 is 1.08 bits per heavy atom. The standard InChI is InChI=1S/C17H29F2NO5S/c18-17(19,26(22,23)24)9-5-3-1-2-4-6-10-25-16(21)20-15-12-13-7-8-14(15)11-13/h13-15H,1-12H2,(H,20,21)(H,22,23,24)/p-1. The van der Waals surface area contributed by atoms with Crippen LogP contribution in [0, 0.1) is 11.8 Å². The highest BCUT2D eigenvalue weighted by atomic mass is 32.2. The lowest BCUT2D eigenvalue weighted by molar-refractivity contribution is 0.0670. The number of carbonyl (C=O) groups is 1. The highest BCUT2D eigenvalue weighted by Crippen LogP contribution is 2.44. The number of ether oxygens (including phenoxy) is 1. The van der Waals surface area contributed by atoms with E-state index in [-0.39, 0.29) is 18.6 Å². The Kier molecular flexibility index (Phi) is 7.63. The Labute approximate surface area is 153 Å². The molecule has 9 heteroatoms. The predicted octanol–water partition coefficient (Wildman–Crippen LogP) is 3.77. The number of halogens is 2. The van der Waals surface area contributed by atoms with Gasteiger partial charge in [0, 0.05) is 12.5 Å². The molecule has 0 aromatic carbocycles. The van der Waals surface area contributed by atoms with Gasteiger partial charge in [0.05, 0.1) is 6.61 Å².